The molecule has 130 valence electrons. The maximum absolute atomic E-state index is 13.0. The molecule has 0 bridgehead atoms. The Balaban J connectivity index is 1.93. The second kappa shape index (κ2) is 6.73. The highest BCUT2D eigenvalue weighted by atomic mass is 35.5. The molecule has 0 fully saturated rings. The first-order valence-corrected chi connectivity index (χ1v) is 9.24. The van der Waals surface area contributed by atoms with Crippen molar-refractivity contribution in [2.24, 2.45) is 0 Å². The zero-order chi connectivity index (χ0) is 18.2. The molecule has 0 aromatic heterocycles. The third-order valence-corrected chi connectivity index (χ3v) is 6.04. The Kier molecular flexibility index (Phi) is 4.80. The molecule has 2 aromatic rings. The molecular formula is C19H19ClN2O2S. The van der Waals surface area contributed by atoms with Crippen molar-refractivity contribution in [2.45, 2.75) is 30.4 Å². The highest BCUT2D eigenvalue weighted by molar-refractivity contribution is 8.02. The Labute approximate surface area is 156 Å². The van der Waals surface area contributed by atoms with Gasteiger partial charge in [0.15, 0.2) is 4.75 Å². The molecule has 25 heavy (non-hydrogen) atoms. The van der Waals surface area contributed by atoms with Gasteiger partial charge in [-0.2, -0.15) is 0 Å². The molecule has 4 nitrogen and oxygen atoms in total. The molecule has 0 saturated heterocycles. The molecule has 2 amide bonds. The molecule has 1 atom stereocenters. The first-order chi connectivity index (χ1) is 11.9. The number of rotatable bonds is 3. The van der Waals surface area contributed by atoms with Gasteiger partial charge in [-0.1, -0.05) is 41.6 Å². The summed E-state index contributed by atoms with van der Waals surface area (Å²) in [6.07, 6.45) is 0. The van der Waals surface area contributed by atoms with E-state index >= 15 is 0 Å². The van der Waals surface area contributed by atoms with E-state index in [9.17, 15) is 9.59 Å². The molecule has 6 heteroatoms. The molecule has 1 aliphatic heterocycles. The number of aryl methyl sites for hydroxylation is 1. The highest BCUT2D eigenvalue weighted by Gasteiger charge is 2.48. The van der Waals surface area contributed by atoms with Crippen LogP contribution in [0.2, 0.25) is 5.02 Å². The molecule has 3 rings (SSSR count). The van der Waals surface area contributed by atoms with Crippen molar-refractivity contribution in [1.82, 2.24) is 0 Å². The third kappa shape index (κ3) is 3.14. The lowest BCUT2D eigenvalue weighted by molar-refractivity contribution is -0.128. The van der Waals surface area contributed by atoms with E-state index in [1.54, 1.807) is 24.0 Å². The van der Waals surface area contributed by atoms with Gasteiger partial charge in [0.1, 0.15) is 0 Å². The molecule has 1 aliphatic rings. The van der Waals surface area contributed by atoms with Gasteiger partial charge in [-0.05, 0) is 50.6 Å². The number of nitrogens with one attached hydrogen (secondary N) is 1. The van der Waals surface area contributed by atoms with Gasteiger partial charge in [-0.25, -0.2) is 0 Å². The number of para-hydroxylation sites is 1. The lowest BCUT2D eigenvalue weighted by Gasteiger charge is -2.38. The number of amides is 2. The van der Waals surface area contributed by atoms with Crippen molar-refractivity contribution in [3.63, 3.8) is 0 Å². The van der Waals surface area contributed by atoms with Crippen LogP contribution in [-0.2, 0) is 9.59 Å². The van der Waals surface area contributed by atoms with Crippen LogP contribution in [0.5, 0.6) is 0 Å². The first-order valence-electron chi connectivity index (χ1n) is 8.04. The maximum Gasteiger partial charge on any atom is 0.252 e. The minimum Gasteiger partial charge on any atom is -0.324 e. The minimum atomic E-state index is -1.23. The summed E-state index contributed by atoms with van der Waals surface area (Å²) >= 11 is 7.41. The van der Waals surface area contributed by atoms with Crippen LogP contribution < -0.4 is 10.2 Å². The first kappa shape index (κ1) is 17.8. The van der Waals surface area contributed by atoms with Crippen molar-refractivity contribution in [3.8, 4) is 0 Å². The summed E-state index contributed by atoms with van der Waals surface area (Å²) in [4.78, 5) is 28.5. The number of anilines is 2. The third-order valence-electron chi connectivity index (χ3n) is 4.30. The topological polar surface area (TPSA) is 49.4 Å². The molecule has 0 aliphatic carbocycles. The Bertz CT molecular complexity index is 855. The van der Waals surface area contributed by atoms with Crippen LogP contribution in [0, 0.1) is 6.92 Å². The largest absolute Gasteiger partial charge is 0.324 e. The van der Waals surface area contributed by atoms with Gasteiger partial charge in [0.25, 0.3) is 5.91 Å². The van der Waals surface area contributed by atoms with Crippen molar-refractivity contribution in [2.75, 3.05) is 16.8 Å². The number of benzene rings is 2. The van der Waals surface area contributed by atoms with Gasteiger partial charge in [0, 0.05) is 22.2 Å². The van der Waals surface area contributed by atoms with Gasteiger partial charge < -0.3 is 10.2 Å². The number of fused-ring (bicyclic) bond motifs is 1. The van der Waals surface area contributed by atoms with E-state index in [0.29, 0.717) is 17.3 Å². The lowest BCUT2D eigenvalue weighted by Crippen LogP contribution is -2.54. The predicted octanol–water partition coefficient (Wildman–Crippen LogP) is 4.50. The zero-order valence-corrected chi connectivity index (χ0v) is 15.9. The van der Waals surface area contributed by atoms with Gasteiger partial charge in [0.05, 0.1) is 5.69 Å². The average molecular weight is 375 g/mol. The molecular weight excluding hydrogens is 356 g/mol. The normalized spacial score (nSPS) is 19.5. The summed E-state index contributed by atoms with van der Waals surface area (Å²) in [5, 5.41) is 3.41. The van der Waals surface area contributed by atoms with E-state index in [1.807, 2.05) is 44.2 Å². The van der Waals surface area contributed by atoms with Crippen molar-refractivity contribution >= 4 is 46.6 Å². The van der Waals surface area contributed by atoms with Crippen molar-refractivity contribution in [1.29, 1.82) is 0 Å². The van der Waals surface area contributed by atoms with Crippen molar-refractivity contribution in [3.05, 3.63) is 53.1 Å². The number of hydrogen-bond acceptors (Lipinski definition) is 3. The van der Waals surface area contributed by atoms with Crippen LogP contribution in [0.3, 0.4) is 0 Å². The van der Waals surface area contributed by atoms with Crippen LogP contribution >= 0.6 is 23.4 Å². The second-order valence-corrected chi connectivity index (χ2v) is 7.94. The predicted molar refractivity (Wildman–Crippen MR) is 104 cm³/mol. The fourth-order valence-corrected chi connectivity index (χ4v) is 4.17. The smallest absolute Gasteiger partial charge is 0.252 e. The Hall–Kier alpha value is -1.98. The van der Waals surface area contributed by atoms with Gasteiger partial charge in [-0.3, -0.25) is 9.59 Å². The van der Waals surface area contributed by atoms with E-state index in [1.165, 1.54) is 11.8 Å². The highest BCUT2D eigenvalue weighted by Crippen LogP contribution is 2.45. The monoisotopic (exact) mass is 374 g/mol. The Morgan fingerprint density at radius 2 is 2.00 bits per heavy atom. The average Bonchev–Trinajstić information content (AvgIpc) is 2.59. The van der Waals surface area contributed by atoms with E-state index < -0.39 is 4.75 Å². The fourth-order valence-electron chi connectivity index (χ4n) is 2.78. The molecule has 1 unspecified atom stereocenters. The Morgan fingerprint density at radius 1 is 1.28 bits per heavy atom. The van der Waals surface area contributed by atoms with Crippen LogP contribution in [0.1, 0.15) is 19.4 Å². The van der Waals surface area contributed by atoms with Crippen LogP contribution in [-0.4, -0.2) is 23.1 Å². The van der Waals surface area contributed by atoms with Crippen molar-refractivity contribution < 1.29 is 9.59 Å². The number of carbonyl (C=O) groups excluding carboxylic acids is 2. The summed E-state index contributed by atoms with van der Waals surface area (Å²) in [5.41, 5.74) is 2.36. The SMILES string of the molecule is CCN1C(=O)C(C)(C(=O)Nc2ccc(C)c(Cl)c2)Sc2ccccc21. The molecule has 0 spiro atoms. The van der Waals surface area contributed by atoms with Gasteiger partial charge >= 0.3 is 0 Å². The number of thioether (sulfide) groups is 1. The van der Waals surface area contributed by atoms with Gasteiger partial charge in [-0.15, -0.1) is 0 Å². The number of carbonyl (C=O) groups is 2. The van der Waals surface area contributed by atoms with E-state index in [-0.39, 0.29) is 11.8 Å². The van der Waals surface area contributed by atoms with Crippen LogP contribution in [0.4, 0.5) is 11.4 Å². The van der Waals surface area contributed by atoms with Crippen LogP contribution in [0.25, 0.3) is 0 Å². The fraction of sp³-hybridized carbons (Fsp3) is 0.263. The van der Waals surface area contributed by atoms with E-state index in [2.05, 4.69) is 5.32 Å². The number of nitrogens with zero attached hydrogens (tertiary/aromatic N) is 1. The molecule has 1 N–H and O–H groups in total. The van der Waals surface area contributed by atoms with E-state index in [4.69, 9.17) is 11.6 Å². The minimum absolute atomic E-state index is 0.214. The molecule has 0 saturated carbocycles. The lowest BCUT2D eigenvalue weighted by atomic mass is 10.1. The van der Waals surface area contributed by atoms with E-state index in [0.717, 1.165) is 16.1 Å². The van der Waals surface area contributed by atoms with Gasteiger partial charge in [0.2, 0.25) is 5.91 Å². The standard InChI is InChI=1S/C19H19ClN2O2S/c1-4-22-15-7-5-6-8-16(15)25-19(3,18(22)24)17(23)21-13-10-9-12(2)14(20)11-13/h5-11H,4H2,1-3H3,(H,21,23). The Morgan fingerprint density at radius 3 is 2.68 bits per heavy atom. The summed E-state index contributed by atoms with van der Waals surface area (Å²) in [7, 11) is 0. The number of hydrogen-bond donors (Lipinski definition) is 1. The summed E-state index contributed by atoms with van der Waals surface area (Å²) < 4.78 is -1.23. The molecule has 0 radical (unpaired) electrons. The molecule has 2 aromatic carbocycles. The quantitative estimate of drug-likeness (QED) is 0.804. The summed E-state index contributed by atoms with van der Waals surface area (Å²) in [6, 6.07) is 13.0. The molecule has 1 heterocycles. The van der Waals surface area contributed by atoms with Crippen LogP contribution in [0.15, 0.2) is 47.4 Å². The summed E-state index contributed by atoms with van der Waals surface area (Å²) in [6.45, 7) is 5.98. The maximum atomic E-state index is 13.0. The summed E-state index contributed by atoms with van der Waals surface area (Å²) in [5.74, 6) is -0.565. The second-order valence-electron chi connectivity index (χ2n) is 6.07. The zero-order valence-electron chi connectivity index (χ0n) is 14.3. The number of halogens is 1.